The Bertz CT molecular complexity index is 864. The van der Waals surface area contributed by atoms with Crippen molar-refractivity contribution in [3.63, 3.8) is 0 Å². The van der Waals surface area contributed by atoms with E-state index in [1.165, 1.54) is 24.2 Å². The summed E-state index contributed by atoms with van der Waals surface area (Å²) >= 11 is 1.50. The zero-order valence-corrected chi connectivity index (χ0v) is 15.8. The quantitative estimate of drug-likeness (QED) is 0.645. The van der Waals surface area contributed by atoms with Crippen molar-refractivity contribution >= 4 is 17.0 Å². The van der Waals surface area contributed by atoms with Crippen LogP contribution in [0.5, 0.6) is 17.4 Å². The topological polar surface area (TPSA) is 81.2 Å². The molecule has 4 rings (SSSR count). The van der Waals surface area contributed by atoms with Gasteiger partial charge in [0.05, 0.1) is 13.3 Å². The average molecular weight is 383 g/mol. The summed E-state index contributed by atoms with van der Waals surface area (Å²) in [6.07, 6.45) is 5.88. The molecule has 3 heterocycles. The van der Waals surface area contributed by atoms with Gasteiger partial charge < -0.3 is 20.1 Å². The van der Waals surface area contributed by atoms with Gasteiger partial charge in [-0.05, 0) is 43.7 Å². The highest BCUT2D eigenvalue weighted by Gasteiger charge is 2.17. The lowest BCUT2D eigenvalue weighted by molar-refractivity contribution is 0.412. The fourth-order valence-corrected chi connectivity index (χ4v) is 3.50. The van der Waals surface area contributed by atoms with Crippen LogP contribution < -0.4 is 20.1 Å². The van der Waals surface area contributed by atoms with Gasteiger partial charge in [0, 0.05) is 24.2 Å². The minimum Gasteiger partial charge on any atom is -0.497 e. The summed E-state index contributed by atoms with van der Waals surface area (Å²) in [5, 5.41) is 9.56. The molecule has 7 nitrogen and oxygen atoms in total. The Morgan fingerprint density at radius 1 is 1.22 bits per heavy atom. The van der Waals surface area contributed by atoms with Gasteiger partial charge in [-0.1, -0.05) is 0 Å². The van der Waals surface area contributed by atoms with Crippen LogP contribution in [0, 0.1) is 0 Å². The standard InChI is InChI=1S/C19H21N5O2S/c1-25-14-4-6-15(7-5-14)26-18-16(22-11-13-3-2-8-20-13)12-23-17(24-18)19-21-9-10-27-19/h4-7,9-10,12-13,20,22H,2-3,8,11H2,1H3/t13-/m0/s1. The molecule has 1 aliphatic heterocycles. The van der Waals surface area contributed by atoms with Gasteiger partial charge in [-0.15, -0.1) is 11.3 Å². The predicted octanol–water partition coefficient (Wildman–Crippen LogP) is 3.56. The maximum absolute atomic E-state index is 6.05. The van der Waals surface area contributed by atoms with Gasteiger partial charge in [0.2, 0.25) is 5.88 Å². The normalized spacial score (nSPS) is 16.3. The second-order valence-electron chi connectivity index (χ2n) is 6.20. The molecule has 0 unspecified atom stereocenters. The van der Waals surface area contributed by atoms with Crippen LogP contribution in [-0.4, -0.2) is 41.2 Å². The number of benzene rings is 1. The Balaban J connectivity index is 1.58. The van der Waals surface area contributed by atoms with E-state index in [1.807, 2.05) is 29.6 Å². The van der Waals surface area contributed by atoms with E-state index in [0.29, 0.717) is 23.5 Å². The molecule has 3 aromatic rings. The van der Waals surface area contributed by atoms with Crippen molar-refractivity contribution in [2.45, 2.75) is 18.9 Å². The molecule has 1 aromatic carbocycles. The van der Waals surface area contributed by atoms with Crippen molar-refractivity contribution in [1.82, 2.24) is 20.3 Å². The molecule has 8 heteroatoms. The first kappa shape index (κ1) is 17.7. The van der Waals surface area contributed by atoms with Crippen molar-refractivity contribution in [2.75, 3.05) is 25.5 Å². The van der Waals surface area contributed by atoms with Gasteiger partial charge in [0.25, 0.3) is 0 Å². The van der Waals surface area contributed by atoms with Crippen molar-refractivity contribution in [3.8, 4) is 28.2 Å². The summed E-state index contributed by atoms with van der Waals surface area (Å²) in [7, 11) is 1.64. The lowest BCUT2D eigenvalue weighted by atomic mass is 10.2. The van der Waals surface area contributed by atoms with Gasteiger partial charge >= 0.3 is 0 Å². The molecule has 27 heavy (non-hydrogen) atoms. The average Bonchev–Trinajstić information content (AvgIpc) is 3.42. The Labute approximate surface area is 161 Å². The van der Waals surface area contributed by atoms with Crippen LogP contribution in [0.25, 0.3) is 10.8 Å². The highest BCUT2D eigenvalue weighted by Crippen LogP contribution is 2.30. The van der Waals surface area contributed by atoms with Crippen molar-refractivity contribution in [3.05, 3.63) is 42.0 Å². The Hall–Kier alpha value is -2.71. The van der Waals surface area contributed by atoms with Gasteiger partial charge in [-0.3, -0.25) is 0 Å². The minimum atomic E-state index is 0.456. The molecular formula is C19H21N5O2S. The number of hydrogen-bond donors (Lipinski definition) is 2. The number of nitrogens with zero attached hydrogens (tertiary/aromatic N) is 3. The first-order valence-electron chi connectivity index (χ1n) is 8.88. The molecule has 0 spiro atoms. The van der Waals surface area contributed by atoms with Gasteiger partial charge in [-0.2, -0.15) is 4.98 Å². The van der Waals surface area contributed by atoms with Gasteiger partial charge in [-0.25, -0.2) is 9.97 Å². The maximum atomic E-state index is 6.05. The summed E-state index contributed by atoms with van der Waals surface area (Å²) in [5.74, 6) is 2.50. The van der Waals surface area contributed by atoms with Gasteiger partial charge in [0.15, 0.2) is 10.8 Å². The molecule has 140 valence electrons. The number of nitrogens with one attached hydrogen (secondary N) is 2. The molecule has 1 aliphatic rings. The fourth-order valence-electron chi connectivity index (χ4n) is 2.92. The molecule has 1 atom stereocenters. The first-order chi connectivity index (χ1) is 13.3. The van der Waals surface area contributed by atoms with Crippen LogP contribution in [-0.2, 0) is 0 Å². The zero-order valence-electron chi connectivity index (χ0n) is 15.0. The summed E-state index contributed by atoms with van der Waals surface area (Å²) in [6, 6.07) is 7.87. The zero-order chi connectivity index (χ0) is 18.5. The molecule has 1 saturated heterocycles. The van der Waals surface area contributed by atoms with Crippen LogP contribution >= 0.6 is 11.3 Å². The monoisotopic (exact) mass is 383 g/mol. The molecule has 2 N–H and O–H groups in total. The van der Waals surface area contributed by atoms with E-state index in [-0.39, 0.29) is 0 Å². The van der Waals surface area contributed by atoms with Crippen LogP contribution in [0.1, 0.15) is 12.8 Å². The molecule has 0 aliphatic carbocycles. The van der Waals surface area contributed by atoms with Crippen LogP contribution in [0.15, 0.2) is 42.0 Å². The molecule has 0 saturated carbocycles. The molecule has 0 bridgehead atoms. The SMILES string of the molecule is COc1ccc(Oc2nc(-c3nccs3)ncc2NC[C@@H]2CCCN2)cc1. The maximum Gasteiger partial charge on any atom is 0.246 e. The molecule has 0 amide bonds. The largest absolute Gasteiger partial charge is 0.497 e. The summed E-state index contributed by atoms with van der Waals surface area (Å²) in [5.41, 5.74) is 0.764. The second-order valence-corrected chi connectivity index (χ2v) is 7.10. The Morgan fingerprint density at radius 3 is 2.78 bits per heavy atom. The first-order valence-corrected chi connectivity index (χ1v) is 9.76. The van der Waals surface area contributed by atoms with E-state index in [2.05, 4.69) is 25.6 Å². The fraction of sp³-hybridized carbons (Fsp3) is 0.316. The molecule has 1 fully saturated rings. The van der Waals surface area contributed by atoms with E-state index in [1.54, 1.807) is 19.5 Å². The van der Waals surface area contributed by atoms with Crippen molar-refractivity contribution in [1.29, 1.82) is 0 Å². The number of anilines is 1. The van der Waals surface area contributed by atoms with Crippen molar-refractivity contribution < 1.29 is 9.47 Å². The molecular weight excluding hydrogens is 362 g/mol. The number of methoxy groups -OCH3 is 1. The summed E-state index contributed by atoms with van der Waals surface area (Å²) in [6.45, 7) is 1.87. The highest BCUT2D eigenvalue weighted by molar-refractivity contribution is 7.13. The number of aromatic nitrogens is 3. The van der Waals surface area contributed by atoms with E-state index in [9.17, 15) is 0 Å². The van der Waals surface area contributed by atoms with Crippen molar-refractivity contribution in [2.24, 2.45) is 0 Å². The third-order valence-corrected chi connectivity index (χ3v) is 5.12. The number of rotatable bonds is 7. The smallest absolute Gasteiger partial charge is 0.246 e. The van der Waals surface area contributed by atoms with Crippen LogP contribution in [0.4, 0.5) is 5.69 Å². The van der Waals surface area contributed by atoms with E-state index >= 15 is 0 Å². The van der Waals surface area contributed by atoms with Gasteiger partial charge in [0.1, 0.15) is 17.2 Å². The van der Waals surface area contributed by atoms with E-state index in [4.69, 9.17) is 9.47 Å². The number of ether oxygens (including phenoxy) is 2. The molecule has 2 aromatic heterocycles. The predicted molar refractivity (Wildman–Crippen MR) is 106 cm³/mol. The number of thiazole rings is 1. The lowest BCUT2D eigenvalue weighted by Gasteiger charge is -2.15. The second kappa shape index (κ2) is 8.32. The number of hydrogen-bond acceptors (Lipinski definition) is 8. The van der Waals surface area contributed by atoms with E-state index in [0.717, 1.165) is 29.5 Å². The Morgan fingerprint density at radius 2 is 2.07 bits per heavy atom. The highest BCUT2D eigenvalue weighted by atomic mass is 32.1. The van der Waals surface area contributed by atoms with Crippen LogP contribution in [0.2, 0.25) is 0 Å². The summed E-state index contributed by atoms with van der Waals surface area (Å²) < 4.78 is 11.2. The minimum absolute atomic E-state index is 0.456. The lowest BCUT2D eigenvalue weighted by Crippen LogP contribution is -2.29. The summed E-state index contributed by atoms with van der Waals surface area (Å²) in [4.78, 5) is 13.3. The third kappa shape index (κ3) is 4.35. The third-order valence-electron chi connectivity index (χ3n) is 4.35. The van der Waals surface area contributed by atoms with E-state index < -0.39 is 0 Å². The molecule has 0 radical (unpaired) electrons. The Kier molecular flexibility index (Phi) is 5.45. The van der Waals surface area contributed by atoms with Crippen LogP contribution in [0.3, 0.4) is 0 Å².